The van der Waals surface area contributed by atoms with Crippen molar-refractivity contribution >= 4 is 30.0 Å². The van der Waals surface area contributed by atoms with Crippen LogP contribution in [0.3, 0.4) is 0 Å². The number of halogens is 1. The van der Waals surface area contributed by atoms with Crippen LogP contribution < -0.4 is 9.47 Å². The van der Waals surface area contributed by atoms with Gasteiger partial charge in [-0.05, 0) is 48.8 Å². The summed E-state index contributed by atoms with van der Waals surface area (Å²) in [6.45, 7) is 2.39. The van der Waals surface area contributed by atoms with Gasteiger partial charge >= 0.3 is 0 Å². The van der Waals surface area contributed by atoms with Crippen LogP contribution in [0.4, 0.5) is 0 Å². The average molecular weight is 417 g/mol. The van der Waals surface area contributed by atoms with E-state index in [0.29, 0.717) is 34.3 Å². The maximum Gasteiger partial charge on any atom is 0.216 e. The molecule has 3 rings (SSSR count). The molecule has 0 bridgehead atoms. The fraction of sp³-hybridized carbons (Fsp3) is 0.250. The molecule has 3 aromatic rings. The number of nitrogens with zero attached hydrogens (tertiary/aromatic N) is 3. The Kier molecular flexibility index (Phi) is 6.84. The van der Waals surface area contributed by atoms with E-state index in [2.05, 4.69) is 27.4 Å². The Bertz CT molecular complexity index is 1010. The molecule has 1 aromatic heterocycles. The minimum atomic E-state index is 0.434. The van der Waals surface area contributed by atoms with Crippen molar-refractivity contribution in [3.05, 3.63) is 69.2 Å². The van der Waals surface area contributed by atoms with E-state index in [9.17, 15) is 0 Å². The normalized spacial score (nSPS) is 11.1. The lowest BCUT2D eigenvalue weighted by molar-refractivity contribution is 0.311. The van der Waals surface area contributed by atoms with Crippen LogP contribution in [0.25, 0.3) is 0 Å². The van der Waals surface area contributed by atoms with Crippen molar-refractivity contribution in [1.82, 2.24) is 14.9 Å². The van der Waals surface area contributed by atoms with Crippen LogP contribution in [0.1, 0.15) is 23.9 Å². The van der Waals surface area contributed by atoms with E-state index in [-0.39, 0.29) is 0 Å². The van der Waals surface area contributed by atoms with Crippen LogP contribution in [0.15, 0.2) is 47.6 Å². The van der Waals surface area contributed by atoms with Crippen molar-refractivity contribution in [2.24, 2.45) is 5.10 Å². The lowest BCUT2D eigenvalue weighted by atomic mass is 10.1. The lowest BCUT2D eigenvalue weighted by Gasteiger charge is -2.11. The summed E-state index contributed by atoms with van der Waals surface area (Å²) >= 11 is 11.6. The van der Waals surface area contributed by atoms with Crippen LogP contribution in [0.5, 0.6) is 11.5 Å². The summed E-state index contributed by atoms with van der Waals surface area (Å²) < 4.78 is 13.0. The fourth-order valence-electron chi connectivity index (χ4n) is 2.73. The molecule has 1 N–H and O–H groups in total. The summed E-state index contributed by atoms with van der Waals surface area (Å²) in [6, 6.07) is 13.8. The van der Waals surface area contributed by atoms with Crippen molar-refractivity contribution in [2.45, 2.75) is 19.8 Å². The summed E-state index contributed by atoms with van der Waals surface area (Å²) in [4.78, 5) is 0. The molecule has 0 spiro atoms. The van der Waals surface area contributed by atoms with Crippen molar-refractivity contribution in [3.63, 3.8) is 0 Å². The molecule has 8 heteroatoms. The maximum absolute atomic E-state index is 6.32. The first-order valence-corrected chi connectivity index (χ1v) is 9.66. The van der Waals surface area contributed by atoms with Crippen molar-refractivity contribution in [1.29, 1.82) is 0 Å². The monoisotopic (exact) mass is 416 g/mol. The number of rotatable bonds is 8. The highest BCUT2D eigenvalue weighted by atomic mass is 35.5. The molecule has 146 valence electrons. The molecule has 0 aliphatic heterocycles. The van der Waals surface area contributed by atoms with Crippen LogP contribution in [-0.4, -0.2) is 34.8 Å². The number of benzene rings is 2. The second kappa shape index (κ2) is 9.52. The number of methoxy groups -OCH3 is 1. The quantitative estimate of drug-likeness (QED) is 0.428. The summed E-state index contributed by atoms with van der Waals surface area (Å²) in [5, 5.41) is 12.0. The van der Waals surface area contributed by atoms with Gasteiger partial charge in [-0.3, -0.25) is 5.10 Å². The zero-order valence-electron chi connectivity index (χ0n) is 15.7. The maximum atomic E-state index is 6.32. The van der Waals surface area contributed by atoms with E-state index in [0.717, 1.165) is 17.8 Å². The molecule has 0 aliphatic rings. The number of aromatic amines is 1. The van der Waals surface area contributed by atoms with Crippen LogP contribution in [0.2, 0.25) is 5.02 Å². The molecule has 0 saturated heterocycles. The Hall–Kier alpha value is -2.64. The van der Waals surface area contributed by atoms with E-state index in [1.165, 1.54) is 5.56 Å². The topological polar surface area (TPSA) is 64.4 Å². The summed E-state index contributed by atoms with van der Waals surface area (Å²) in [7, 11) is 1.57. The fourth-order valence-corrected chi connectivity index (χ4v) is 3.20. The number of aromatic nitrogens is 3. The predicted molar refractivity (Wildman–Crippen MR) is 113 cm³/mol. The molecule has 1 heterocycles. The molecular formula is C20H21ClN4O2S. The summed E-state index contributed by atoms with van der Waals surface area (Å²) in [6.07, 6.45) is 3.22. The van der Waals surface area contributed by atoms with Gasteiger partial charge in [-0.25, -0.2) is 0 Å². The zero-order valence-corrected chi connectivity index (χ0v) is 17.3. The first-order chi connectivity index (χ1) is 13.6. The number of aryl methyl sites for hydroxylation is 2. The van der Waals surface area contributed by atoms with Crippen LogP contribution >= 0.6 is 23.8 Å². The van der Waals surface area contributed by atoms with Crippen molar-refractivity contribution < 1.29 is 9.47 Å². The van der Waals surface area contributed by atoms with Gasteiger partial charge in [0.2, 0.25) is 4.77 Å². The molecule has 0 radical (unpaired) electrons. The van der Waals surface area contributed by atoms with Gasteiger partial charge in [-0.1, -0.05) is 41.9 Å². The van der Waals surface area contributed by atoms with Gasteiger partial charge in [0.05, 0.1) is 25.0 Å². The summed E-state index contributed by atoms with van der Waals surface area (Å²) in [5.74, 6) is 1.83. The standard InChI is InChI=1S/C20H21ClN4O2S/c1-3-27-19-16(21)11-15(12-17(19)26-2)13-22-25-18(23-24-20(25)28)10-9-14-7-5-4-6-8-14/h4-8,11-13H,3,9-10H2,1-2H3,(H,24,28)/b22-13-. The van der Waals surface area contributed by atoms with E-state index in [4.69, 9.17) is 33.3 Å². The van der Waals surface area contributed by atoms with Crippen LogP contribution in [-0.2, 0) is 12.8 Å². The second-order valence-corrected chi connectivity index (χ2v) is 6.75. The Balaban J connectivity index is 1.82. The highest BCUT2D eigenvalue weighted by Gasteiger charge is 2.11. The lowest BCUT2D eigenvalue weighted by Crippen LogP contribution is -2.02. The molecule has 0 unspecified atom stereocenters. The Labute approximate surface area is 173 Å². The number of ether oxygens (including phenoxy) is 2. The molecule has 28 heavy (non-hydrogen) atoms. The van der Waals surface area contributed by atoms with Gasteiger partial charge in [0.15, 0.2) is 17.3 Å². The predicted octanol–water partition coefficient (Wildman–Crippen LogP) is 4.67. The van der Waals surface area contributed by atoms with Gasteiger partial charge in [-0.2, -0.15) is 14.9 Å². The minimum absolute atomic E-state index is 0.434. The third-order valence-electron chi connectivity index (χ3n) is 4.06. The number of nitrogens with one attached hydrogen (secondary N) is 1. The molecule has 0 atom stereocenters. The van der Waals surface area contributed by atoms with E-state index in [1.807, 2.05) is 31.2 Å². The van der Waals surface area contributed by atoms with Crippen molar-refractivity contribution in [2.75, 3.05) is 13.7 Å². The van der Waals surface area contributed by atoms with Crippen LogP contribution in [0, 0.1) is 4.77 Å². The number of hydrogen-bond acceptors (Lipinski definition) is 5. The van der Waals surface area contributed by atoms with Gasteiger partial charge in [0, 0.05) is 6.42 Å². The van der Waals surface area contributed by atoms with Gasteiger partial charge < -0.3 is 9.47 Å². The van der Waals surface area contributed by atoms with E-state index < -0.39 is 0 Å². The third-order valence-corrected chi connectivity index (χ3v) is 4.61. The van der Waals surface area contributed by atoms with E-state index in [1.54, 1.807) is 24.1 Å². The molecule has 2 aromatic carbocycles. The van der Waals surface area contributed by atoms with Crippen molar-refractivity contribution in [3.8, 4) is 11.5 Å². The molecule has 6 nitrogen and oxygen atoms in total. The number of hydrogen-bond donors (Lipinski definition) is 1. The molecule has 0 saturated carbocycles. The smallest absolute Gasteiger partial charge is 0.216 e. The average Bonchev–Trinajstić information content (AvgIpc) is 3.06. The molecular weight excluding hydrogens is 396 g/mol. The molecule has 0 fully saturated rings. The largest absolute Gasteiger partial charge is 0.493 e. The molecule has 0 aliphatic carbocycles. The first-order valence-electron chi connectivity index (χ1n) is 8.87. The van der Waals surface area contributed by atoms with Gasteiger partial charge in [0.25, 0.3) is 0 Å². The third kappa shape index (κ3) is 4.79. The highest BCUT2D eigenvalue weighted by Crippen LogP contribution is 2.36. The zero-order chi connectivity index (χ0) is 19.9. The van der Waals surface area contributed by atoms with Gasteiger partial charge in [0.1, 0.15) is 0 Å². The summed E-state index contributed by atoms with van der Waals surface area (Å²) in [5.41, 5.74) is 2.00. The first kappa shape index (κ1) is 20.1. The number of H-pyrrole nitrogens is 1. The highest BCUT2D eigenvalue weighted by molar-refractivity contribution is 7.71. The second-order valence-electron chi connectivity index (χ2n) is 5.95. The molecule has 0 amide bonds. The Morgan fingerprint density at radius 3 is 2.75 bits per heavy atom. The minimum Gasteiger partial charge on any atom is -0.493 e. The van der Waals surface area contributed by atoms with E-state index >= 15 is 0 Å². The Morgan fingerprint density at radius 2 is 2.04 bits per heavy atom. The SMILES string of the molecule is CCOc1c(Cl)cc(/C=N\n2c(CCc3ccccc3)n[nH]c2=S)cc1OC. The van der Waals surface area contributed by atoms with Gasteiger partial charge in [-0.15, -0.1) is 0 Å². The Morgan fingerprint density at radius 1 is 1.25 bits per heavy atom.